The topological polar surface area (TPSA) is 3.24 Å². The van der Waals surface area contributed by atoms with E-state index in [4.69, 9.17) is 0 Å². The lowest BCUT2D eigenvalue weighted by Gasteiger charge is -2.25. The monoisotopic (exact) mass is 155 g/mol. The van der Waals surface area contributed by atoms with E-state index in [1.54, 1.807) is 0 Å². The van der Waals surface area contributed by atoms with Gasteiger partial charge in [-0.15, -0.1) is 0 Å². The molecule has 0 atom stereocenters. The van der Waals surface area contributed by atoms with E-state index in [-0.39, 0.29) is 0 Å². The first-order chi connectivity index (χ1) is 5.09. The van der Waals surface area contributed by atoms with Gasteiger partial charge in [0, 0.05) is 12.6 Å². The lowest BCUT2D eigenvalue weighted by molar-refractivity contribution is 0.215. The Morgan fingerprint density at radius 2 is 1.91 bits per heavy atom. The summed E-state index contributed by atoms with van der Waals surface area (Å²) in [7, 11) is 2.24. The van der Waals surface area contributed by atoms with E-state index in [2.05, 4.69) is 32.7 Å². The Bertz CT molecular complexity index is 125. The molecule has 0 aliphatic heterocycles. The molecule has 0 saturated heterocycles. The largest absolute Gasteiger partial charge is 0.303 e. The molecule has 0 spiro atoms. The summed E-state index contributed by atoms with van der Waals surface area (Å²) in [6, 6.07) is 0.707. The zero-order valence-electron chi connectivity index (χ0n) is 8.35. The van der Waals surface area contributed by atoms with Crippen LogP contribution < -0.4 is 0 Å². The smallest absolute Gasteiger partial charge is 0.00375 e. The third-order valence-electron chi connectivity index (χ3n) is 3.17. The molecule has 1 rings (SSSR count). The molecule has 11 heavy (non-hydrogen) atoms. The van der Waals surface area contributed by atoms with Crippen molar-refractivity contribution in [2.75, 3.05) is 13.6 Å². The van der Waals surface area contributed by atoms with Crippen LogP contribution in [0.5, 0.6) is 0 Å². The molecule has 0 aromatic heterocycles. The molecular formula is C10H21N. The van der Waals surface area contributed by atoms with Gasteiger partial charge < -0.3 is 4.90 Å². The van der Waals surface area contributed by atoms with Crippen LogP contribution in [0.15, 0.2) is 0 Å². The van der Waals surface area contributed by atoms with Crippen LogP contribution in [0.25, 0.3) is 0 Å². The SMILES string of the molecule is CCC1(CN(C)C(C)C)CC1. The van der Waals surface area contributed by atoms with E-state index in [0.717, 1.165) is 5.41 Å². The van der Waals surface area contributed by atoms with Crippen molar-refractivity contribution in [3.05, 3.63) is 0 Å². The van der Waals surface area contributed by atoms with Crippen LogP contribution >= 0.6 is 0 Å². The second kappa shape index (κ2) is 3.14. The maximum atomic E-state index is 2.47. The molecule has 0 bridgehead atoms. The Morgan fingerprint density at radius 1 is 1.36 bits per heavy atom. The van der Waals surface area contributed by atoms with E-state index >= 15 is 0 Å². The summed E-state index contributed by atoms with van der Waals surface area (Å²) in [5, 5.41) is 0. The van der Waals surface area contributed by atoms with Crippen LogP contribution in [-0.2, 0) is 0 Å². The van der Waals surface area contributed by atoms with Gasteiger partial charge in [0.05, 0.1) is 0 Å². The first-order valence-corrected chi connectivity index (χ1v) is 4.80. The van der Waals surface area contributed by atoms with Gasteiger partial charge in [0.15, 0.2) is 0 Å². The molecule has 0 radical (unpaired) electrons. The zero-order chi connectivity index (χ0) is 8.48. The summed E-state index contributed by atoms with van der Waals surface area (Å²) < 4.78 is 0. The first-order valence-electron chi connectivity index (χ1n) is 4.80. The summed E-state index contributed by atoms with van der Waals surface area (Å²) >= 11 is 0. The van der Waals surface area contributed by atoms with E-state index in [9.17, 15) is 0 Å². The maximum absolute atomic E-state index is 2.47. The summed E-state index contributed by atoms with van der Waals surface area (Å²) in [6.07, 6.45) is 4.28. The third kappa shape index (κ3) is 2.19. The predicted molar refractivity (Wildman–Crippen MR) is 49.7 cm³/mol. The van der Waals surface area contributed by atoms with E-state index in [0.29, 0.717) is 6.04 Å². The molecule has 0 N–H and O–H groups in total. The third-order valence-corrected chi connectivity index (χ3v) is 3.17. The van der Waals surface area contributed by atoms with Gasteiger partial charge in [-0.2, -0.15) is 0 Å². The fourth-order valence-electron chi connectivity index (χ4n) is 1.51. The van der Waals surface area contributed by atoms with Gasteiger partial charge in [-0.3, -0.25) is 0 Å². The average Bonchev–Trinajstić information content (AvgIpc) is 2.69. The van der Waals surface area contributed by atoms with Crippen LogP contribution in [0.4, 0.5) is 0 Å². The van der Waals surface area contributed by atoms with Gasteiger partial charge in [0.25, 0.3) is 0 Å². The Labute approximate surface area is 70.8 Å². The minimum absolute atomic E-state index is 0.707. The molecule has 0 heterocycles. The van der Waals surface area contributed by atoms with Gasteiger partial charge in [-0.05, 0) is 45.6 Å². The summed E-state index contributed by atoms with van der Waals surface area (Å²) in [4.78, 5) is 2.47. The molecular weight excluding hydrogens is 134 g/mol. The molecule has 1 nitrogen and oxygen atoms in total. The lowest BCUT2D eigenvalue weighted by Crippen LogP contribution is -2.32. The number of hydrogen-bond donors (Lipinski definition) is 0. The molecule has 1 fully saturated rings. The van der Waals surface area contributed by atoms with Crippen molar-refractivity contribution in [2.24, 2.45) is 5.41 Å². The first kappa shape index (κ1) is 9.05. The molecule has 1 aliphatic carbocycles. The Morgan fingerprint density at radius 3 is 2.18 bits per heavy atom. The Balaban J connectivity index is 2.30. The van der Waals surface area contributed by atoms with Crippen LogP contribution in [0, 0.1) is 5.41 Å². The highest BCUT2D eigenvalue weighted by Crippen LogP contribution is 2.49. The van der Waals surface area contributed by atoms with Crippen LogP contribution in [0.2, 0.25) is 0 Å². The quantitative estimate of drug-likeness (QED) is 0.603. The highest BCUT2D eigenvalue weighted by molar-refractivity contribution is 4.94. The van der Waals surface area contributed by atoms with Crippen LogP contribution in [0.3, 0.4) is 0 Å². The Hall–Kier alpha value is -0.0400. The number of rotatable bonds is 4. The summed E-state index contributed by atoms with van der Waals surface area (Å²) in [5.74, 6) is 0. The molecule has 1 aliphatic rings. The van der Waals surface area contributed by atoms with Crippen molar-refractivity contribution in [1.29, 1.82) is 0 Å². The van der Waals surface area contributed by atoms with Crippen molar-refractivity contribution >= 4 is 0 Å². The second-order valence-corrected chi connectivity index (χ2v) is 4.36. The number of nitrogens with zero attached hydrogens (tertiary/aromatic N) is 1. The van der Waals surface area contributed by atoms with Gasteiger partial charge in [-0.25, -0.2) is 0 Å². The predicted octanol–water partition coefficient (Wildman–Crippen LogP) is 2.52. The molecule has 0 aromatic carbocycles. The summed E-state index contributed by atoms with van der Waals surface area (Å²) in [5.41, 5.74) is 0.721. The van der Waals surface area contributed by atoms with Gasteiger partial charge in [0.2, 0.25) is 0 Å². The minimum Gasteiger partial charge on any atom is -0.303 e. The van der Waals surface area contributed by atoms with Crippen molar-refractivity contribution in [1.82, 2.24) is 4.90 Å². The molecule has 0 unspecified atom stereocenters. The van der Waals surface area contributed by atoms with Gasteiger partial charge >= 0.3 is 0 Å². The van der Waals surface area contributed by atoms with Crippen molar-refractivity contribution in [3.8, 4) is 0 Å². The highest BCUT2D eigenvalue weighted by atomic mass is 15.1. The fraction of sp³-hybridized carbons (Fsp3) is 1.00. The normalized spacial score (nSPS) is 21.3. The van der Waals surface area contributed by atoms with Crippen LogP contribution in [-0.4, -0.2) is 24.5 Å². The molecule has 0 amide bonds. The number of hydrogen-bond acceptors (Lipinski definition) is 1. The maximum Gasteiger partial charge on any atom is 0.00375 e. The van der Waals surface area contributed by atoms with Crippen molar-refractivity contribution < 1.29 is 0 Å². The van der Waals surface area contributed by atoms with Crippen LogP contribution in [0.1, 0.15) is 40.0 Å². The highest BCUT2D eigenvalue weighted by Gasteiger charge is 2.41. The zero-order valence-corrected chi connectivity index (χ0v) is 8.35. The lowest BCUT2D eigenvalue weighted by atomic mass is 10.0. The molecule has 1 heteroatoms. The van der Waals surface area contributed by atoms with Gasteiger partial charge in [0.1, 0.15) is 0 Å². The van der Waals surface area contributed by atoms with Crippen molar-refractivity contribution in [3.63, 3.8) is 0 Å². The minimum atomic E-state index is 0.707. The standard InChI is InChI=1S/C10H21N/c1-5-10(6-7-10)8-11(4)9(2)3/h9H,5-8H2,1-4H3. The van der Waals surface area contributed by atoms with Gasteiger partial charge in [-0.1, -0.05) is 6.92 Å². The molecule has 66 valence electrons. The Kier molecular flexibility index (Phi) is 2.58. The second-order valence-electron chi connectivity index (χ2n) is 4.36. The van der Waals surface area contributed by atoms with E-state index in [1.165, 1.54) is 25.8 Å². The summed E-state index contributed by atoms with van der Waals surface area (Å²) in [6.45, 7) is 8.17. The van der Waals surface area contributed by atoms with E-state index in [1.807, 2.05) is 0 Å². The van der Waals surface area contributed by atoms with Crippen molar-refractivity contribution in [2.45, 2.75) is 46.1 Å². The fourth-order valence-corrected chi connectivity index (χ4v) is 1.51. The van der Waals surface area contributed by atoms with E-state index < -0.39 is 0 Å². The molecule has 1 saturated carbocycles. The average molecular weight is 155 g/mol. The molecule has 0 aromatic rings.